The normalized spacial score (nSPS) is 21.3. The van der Waals surface area contributed by atoms with Gasteiger partial charge in [0, 0.05) is 22.0 Å². The number of piperazine rings is 1. The number of benzene rings is 1. The van der Waals surface area contributed by atoms with E-state index in [1.165, 1.54) is 15.3 Å². The summed E-state index contributed by atoms with van der Waals surface area (Å²) in [5, 5.41) is 5.97. The van der Waals surface area contributed by atoms with Crippen LogP contribution in [-0.2, 0) is 17.8 Å². The van der Waals surface area contributed by atoms with E-state index < -0.39 is 0 Å². The van der Waals surface area contributed by atoms with E-state index in [2.05, 4.69) is 41.9 Å². The van der Waals surface area contributed by atoms with Crippen molar-refractivity contribution in [2.24, 2.45) is 0 Å². The highest BCUT2D eigenvalue weighted by molar-refractivity contribution is 7.09. The minimum atomic E-state index is 0.0235. The Bertz CT molecular complexity index is 682. The van der Waals surface area contributed by atoms with Crippen molar-refractivity contribution < 1.29 is 14.6 Å². The van der Waals surface area contributed by atoms with E-state index in [0.717, 1.165) is 50.7 Å². The summed E-state index contributed by atoms with van der Waals surface area (Å²) in [6, 6.07) is 12.3. The van der Waals surface area contributed by atoms with Gasteiger partial charge in [-0.2, -0.15) is 0 Å². The third kappa shape index (κ3) is 5.55. The Balaban J connectivity index is 1.39. The molecule has 2 aromatic rings. The summed E-state index contributed by atoms with van der Waals surface area (Å²) in [6.45, 7) is 8.11. The zero-order valence-electron chi connectivity index (χ0n) is 15.3. The van der Waals surface area contributed by atoms with Crippen LogP contribution in [0.5, 0.6) is 0 Å². The first-order chi connectivity index (χ1) is 12.6. The number of carbonyl (C=O) groups excluding carboxylic acids is 1. The van der Waals surface area contributed by atoms with Crippen LogP contribution < -0.4 is 15.1 Å². The number of rotatable bonds is 7. The Morgan fingerprint density at radius 3 is 2.58 bits per heavy atom. The second-order valence-electron chi connectivity index (χ2n) is 7.05. The first kappa shape index (κ1) is 19.4. The highest BCUT2D eigenvalue weighted by Gasteiger charge is 2.30. The molecule has 1 aromatic carbocycles. The standard InChI is InChI=1S/C20H26ClN3OS/c1-16(20(25)22-9-8-19-3-2-14-26-19)24-12-10-23(11-13-24)15-17-4-6-18(21)7-5-17/h2-7,14,16H,8-13,15H2,1H3,(H,22,25)/p+2/t16-/m0/s1. The molecule has 1 aliphatic heterocycles. The van der Waals surface area contributed by atoms with Gasteiger partial charge >= 0.3 is 0 Å². The fraction of sp³-hybridized carbons (Fsp3) is 0.450. The molecule has 0 radical (unpaired) electrons. The molecule has 1 atom stereocenters. The number of nitrogens with one attached hydrogen (secondary N) is 3. The van der Waals surface area contributed by atoms with Crippen molar-refractivity contribution in [1.82, 2.24) is 5.32 Å². The monoisotopic (exact) mass is 393 g/mol. The number of hydrogen-bond donors (Lipinski definition) is 3. The van der Waals surface area contributed by atoms with Crippen LogP contribution in [0.25, 0.3) is 0 Å². The second-order valence-corrected chi connectivity index (χ2v) is 8.52. The summed E-state index contributed by atoms with van der Waals surface area (Å²) >= 11 is 7.70. The Morgan fingerprint density at radius 2 is 1.92 bits per heavy atom. The van der Waals surface area contributed by atoms with Crippen LogP contribution in [0.15, 0.2) is 41.8 Å². The third-order valence-corrected chi connectivity index (χ3v) is 6.41. The minimum Gasteiger partial charge on any atom is -0.351 e. The van der Waals surface area contributed by atoms with Crippen LogP contribution in [-0.4, -0.2) is 44.7 Å². The molecule has 0 aliphatic carbocycles. The summed E-state index contributed by atoms with van der Waals surface area (Å²) in [5.74, 6) is 0.178. The number of halogens is 1. The molecule has 26 heavy (non-hydrogen) atoms. The van der Waals surface area contributed by atoms with E-state index in [1.807, 2.05) is 12.1 Å². The van der Waals surface area contributed by atoms with Crippen LogP contribution in [0.3, 0.4) is 0 Å². The lowest BCUT2D eigenvalue weighted by molar-refractivity contribution is -1.02. The zero-order chi connectivity index (χ0) is 18.4. The lowest BCUT2D eigenvalue weighted by Crippen LogP contribution is -3.29. The highest BCUT2D eigenvalue weighted by Crippen LogP contribution is 2.09. The average Bonchev–Trinajstić information content (AvgIpc) is 3.17. The minimum absolute atomic E-state index is 0.0235. The van der Waals surface area contributed by atoms with Gasteiger partial charge < -0.3 is 15.1 Å². The molecule has 1 aromatic heterocycles. The maximum absolute atomic E-state index is 12.4. The Kier molecular flexibility index (Phi) is 7.08. The highest BCUT2D eigenvalue weighted by atomic mass is 35.5. The fourth-order valence-corrected chi connectivity index (χ4v) is 4.36. The molecule has 3 N–H and O–H groups in total. The van der Waals surface area contributed by atoms with Gasteiger partial charge in [0.25, 0.3) is 5.91 Å². The van der Waals surface area contributed by atoms with Crippen LogP contribution >= 0.6 is 22.9 Å². The van der Waals surface area contributed by atoms with Crippen LogP contribution in [0, 0.1) is 0 Å². The molecule has 1 amide bonds. The summed E-state index contributed by atoms with van der Waals surface area (Å²) in [5.41, 5.74) is 1.33. The first-order valence-corrected chi connectivity index (χ1v) is 10.6. The summed E-state index contributed by atoms with van der Waals surface area (Å²) in [4.78, 5) is 16.7. The van der Waals surface area contributed by atoms with Gasteiger partial charge in [0.1, 0.15) is 32.7 Å². The van der Waals surface area contributed by atoms with E-state index in [4.69, 9.17) is 11.6 Å². The largest absolute Gasteiger partial charge is 0.351 e. The summed E-state index contributed by atoms with van der Waals surface area (Å²) in [6.07, 6.45) is 0.921. The summed E-state index contributed by atoms with van der Waals surface area (Å²) < 4.78 is 0. The van der Waals surface area contributed by atoms with Gasteiger partial charge in [-0.05, 0) is 36.9 Å². The smallest absolute Gasteiger partial charge is 0.278 e. The van der Waals surface area contributed by atoms with E-state index in [9.17, 15) is 4.79 Å². The molecule has 0 unspecified atom stereocenters. The van der Waals surface area contributed by atoms with E-state index in [-0.39, 0.29) is 11.9 Å². The predicted molar refractivity (Wildman–Crippen MR) is 107 cm³/mol. The van der Waals surface area contributed by atoms with Crippen molar-refractivity contribution in [3.63, 3.8) is 0 Å². The Hall–Kier alpha value is -1.40. The van der Waals surface area contributed by atoms with Gasteiger partial charge in [0.2, 0.25) is 0 Å². The molecular formula is C20H28ClN3OS+2. The lowest BCUT2D eigenvalue weighted by atomic mass is 10.1. The molecule has 4 nitrogen and oxygen atoms in total. The fourth-order valence-electron chi connectivity index (χ4n) is 3.53. The van der Waals surface area contributed by atoms with Crippen molar-refractivity contribution in [3.05, 3.63) is 57.2 Å². The number of thiophene rings is 1. The van der Waals surface area contributed by atoms with Crippen molar-refractivity contribution in [2.45, 2.75) is 25.9 Å². The molecule has 0 spiro atoms. The predicted octanol–water partition coefficient (Wildman–Crippen LogP) is 0.432. The number of carbonyl (C=O) groups is 1. The zero-order valence-corrected chi connectivity index (χ0v) is 16.8. The molecule has 6 heteroatoms. The van der Waals surface area contributed by atoms with Gasteiger partial charge in [-0.15, -0.1) is 11.3 Å². The Labute approximate surface area is 164 Å². The maximum Gasteiger partial charge on any atom is 0.278 e. The molecule has 0 saturated carbocycles. The van der Waals surface area contributed by atoms with Crippen LogP contribution in [0.4, 0.5) is 0 Å². The number of quaternary nitrogens is 2. The molecule has 0 bridgehead atoms. The third-order valence-electron chi connectivity index (χ3n) is 5.22. The average molecular weight is 394 g/mol. The van der Waals surface area contributed by atoms with Crippen molar-refractivity contribution >= 4 is 28.8 Å². The van der Waals surface area contributed by atoms with E-state index in [1.54, 1.807) is 16.2 Å². The topological polar surface area (TPSA) is 38.0 Å². The quantitative estimate of drug-likeness (QED) is 0.627. The van der Waals surface area contributed by atoms with Crippen molar-refractivity contribution in [3.8, 4) is 0 Å². The summed E-state index contributed by atoms with van der Waals surface area (Å²) in [7, 11) is 0. The molecule has 140 valence electrons. The molecule has 1 aliphatic rings. The number of hydrogen-bond acceptors (Lipinski definition) is 2. The number of amides is 1. The van der Waals surface area contributed by atoms with Gasteiger partial charge in [0.15, 0.2) is 6.04 Å². The van der Waals surface area contributed by atoms with Crippen molar-refractivity contribution in [2.75, 3.05) is 32.7 Å². The maximum atomic E-state index is 12.4. The van der Waals surface area contributed by atoms with Gasteiger partial charge in [-0.25, -0.2) is 0 Å². The van der Waals surface area contributed by atoms with Gasteiger partial charge in [0.05, 0.1) is 0 Å². The van der Waals surface area contributed by atoms with Crippen LogP contribution in [0.1, 0.15) is 17.4 Å². The Morgan fingerprint density at radius 1 is 1.19 bits per heavy atom. The van der Waals surface area contributed by atoms with Gasteiger partial charge in [-0.3, -0.25) is 4.79 Å². The molecule has 1 fully saturated rings. The molecule has 2 heterocycles. The van der Waals surface area contributed by atoms with Gasteiger partial charge in [-0.1, -0.05) is 29.8 Å². The first-order valence-electron chi connectivity index (χ1n) is 9.34. The second kappa shape index (κ2) is 9.51. The molecular weight excluding hydrogens is 366 g/mol. The molecule has 1 saturated heterocycles. The van der Waals surface area contributed by atoms with E-state index >= 15 is 0 Å². The molecule has 3 rings (SSSR count). The van der Waals surface area contributed by atoms with Crippen LogP contribution in [0.2, 0.25) is 5.02 Å². The lowest BCUT2D eigenvalue weighted by Gasteiger charge is -2.32. The van der Waals surface area contributed by atoms with E-state index in [0.29, 0.717) is 0 Å². The van der Waals surface area contributed by atoms with Crippen molar-refractivity contribution in [1.29, 1.82) is 0 Å². The SMILES string of the molecule is C[C@@H](C(=O)NCCc1cccs1)[NH+]1CC[NH+](Cc2ccc(Cl)cc2)CC1.